The van der Waals surface area contributed by atoms with E-state index in [9.17, 15) is 19.8 Å². The molecule has 12 heteroatoms. The number of likely N-dealkylation sites (tertiary alicyclic amines) is 1. The number of rotatable bonds is 5. The summed E-state index contributed by atoms with van der Waals surface area (Å²) in [4.78, 5) is 43.8. The molecule has 0 spiro atoms. The number of aliphatic hydroxyl groups excluding tert-OH is 1. The van der Waals surface area contributed by atoms with Gasteiger partial charge in [0, 0.05) is 31.3 Å². The molecule has 1 fully saturated rings. The Bertz CT molecular complexity index is 1190. The van der Waals surface area contributed by atoms with Crippen LogP contribution in [-0.4, -0.2) is 72.7 Å². The molecule has 1 aliphatic rings. The van der Waals surface area contributed by atoms with Crippen molar-refractivity contribution in [3.63, 3.8) is 0 Å². The molecule has 0 aliphatic carbocycles. The number of carbonyl (C=O) groups is 2. The maximum atomic E-state index is 12.7. The molecule has 1 aromatic carbocycles. The largest absolute Gasteiger partial charge is 0.480 e. The molecular formula is C20H22N8O4. The smallest absolute Gasteiger partial charge is 0.326 e. The van der Waals surface area contributed by atoms with Crippen molar-refractivity contribution in [2.75, 3.05) is 30.0 Å². The Kier molecular flexibility index (Phi) is 5.45. The van der Waals surface area contributed by atoms with Crippen molar-refractivity contribution in [2.45, 2.75) is 25.1 Å². The molecule has 3 heterocycles. The predicted molar refractivity (Wildman–Crippen MR) is 116 cm³/mol. The molecule has 166 valence electrons. The van der Waals surface area contributed by atoms with Gasteiger partial charge in [-0.25, -0.2) is 14.8 Å². The highest BCUT2D eigenvalue weighted by molar-refractivity contribution is 5.97. The molecule has 32 heavy (non-hydrogen) atoms. The third-order valence-corrected chi connectivity index (χ3v) is 5.28. The van der Waals surface area contributed by atoms with Gasteiger partial charge in [0.1, 0.15) is 6.04 Å². The summed E-state index contributed by atoms with van der Waals surface area (Å²) < 4.78 is 0. The molecule has 1 aliphatic heterocycles. The Morgan fingerprint density at radius 1 is 1.19 bits per heavy atom. The van der Waals surface area contributed by atoms with Crippen LogP contribution in [0.2, 0.25) is 0 Å². The first-order valence-corrected chi connectivity index (χ1v) is 9.80. The third-order valence-electron chi connectivity index (χ3n) is 5.28. The van der Waals surface area contributed by atoms with Crippen molar-refractivity contribution in [1.29, 1.82) is 0 Å². The van der Waals surface area contributed by atoms with Gasteiger partial charge in [0.05, 0.1) is 24.5 Å². The van der Waals surface area contributed by atoms with Gasteiger partial charge in [0.25, 0.3) is 5.91 Å². The van der Waals surface area contributed by atoms with E-state index in [1.54, 1.807) is 30.5 Å². The lowest BCUT2D eigenvalue weighted by molar-refractivity contribution is -0.141. The number of aromatic nitrogens is 4. The molecule has 0 bridgehead atoms. The van der Waals surface area contributed by atoms with Gasteiger partial charge in [-0.05, 0) is 24.3 Å². The number of nitrogen functional groups attached to an aromatic ring is 2. The van der Waals surface area contributed by atoms with Gasteiger partial charge in [-0.2, -0.15) is 9.97 Å². The monoisotopic (exact) mass is 438 g/mol. The molecule has 4 rings (SSSR count). The van der Waals surface area contributed by atoms with E-state index in [0.29, 0.717) is 29.0 Å². The number of fused-ring (bicyclic) bond motifs is 1. The number of hydrogen-bond acceptors (Lipinski definition) is 10. The van der Waals surface area contributed by atoms with Crippen molar-refractivity contribution >= 4 is 40.5 Å². The van der Waals surface area contributed by atoms with E-state index in [1.807, 2.05) is 11.9 Å². The highest BCUT2D eigenvalue weighted by Gasteiger charge is 2.39. The number of amides is 1. The Balaban J connectivity index is 1.49. The molecule has 3 aromatic rings. The fourth-order valence-corrected chi connectivity index (χ4v) is 3.69. The van der Waals surface area contributed by atoms with Crippen LogP contribution in [0.4, 0.5) is 17.5 Å². The number of benzene rings is 1. The quantitative estimate of drug-likeness (QED) is 0.416. The maximum absolute atomic E-state index is 12.7. The topological polar surface area (TPSA) is 185 Å². The molecule has 6 N–H and O–H groups in total. The molecular weight excluding hydrogens is 416 g/mol. The summed E-state index contributed by atoms with van der Waals surface area (Å²) in [5.74, 6) is -1.38. The first kappa shape index (κ1) is 21.2. The summed E-state index contributed by atoms with van der Waals surface area (Å²) in [6, 6.07) is 5.72. The SMILES string of the molecule is CN(Cc1cnc2nc(N)nc(N)c2n1)c1ccc(C(=O)N2C[C@H](O)C[C@H]2C(=O)O)cc1. The van der Waals surface area contributed by atoms with Crippen LogP contribution in [0, 0.1) is 0 Å². The van der Waals surface area contributed by atoms with Crippen LogP contribution >= 0.6 is 0 Å². The van der Waals surface area contributed by atoms with Crippen molar-refractivity contribution in [3.8, 4) is 0 Å². The van der Waals surface area contributed by atoms with Crippen LogP contribution in [-0.2, 0) is 11.3 Å². The first-order valence-electron chi connectivity index (χ1n) is 9.80. The lowest BCUT2D eigenvalue weighted by Crippen LogP contribution is -2.40. The maximum Gasteiger partial charge on any atom is 0.326 e. The van der Waals surface area contributed by atoms with Gasteiger partial charge in [-0.3, -0.25) is 4.79 Å². The molecule has 12 nitrogen and oxygen atoms in total. The second-order valence-electron chi connectivity index (χ2n) is 7.60. The molecule has 0 saturated carbocycles. The lowest BCUT2D eigenvalue weighted by Gasteiger charge is -2.22. The fraction of sp³-hybridized carbons (Fsp3) is 0.300. The summed E-state index contributed by atoms with van der Waals surface area (Å²) in [6.07, 6.45) is 0.758. The second kappa shape index (κ2) is 8.23. The van der Waals surface area contributed by atoms with Gasteiger partial charge < -0.3 is 31.5 Å². The number of nitrogens with two attached hydrogens (primary N) is 2. The van der Waals surface area contributed by atoms with E-state index < -0.39 is 24.0 Å². The van der Waals surface area contributed by atoms with E-state index in [0.717, 1.165) is 5.69 Å². The number of carbonyl (C=O) groups excluding carboxylic acids is 1. The number of hydrogen-bond donors (Lipinski definition) is 4. The third kappa shape index (κ3) is 4.07. The zero-order chi connectivity index (χ0) is 23.0. The van der Waals surface area contributed by atoms with E-state index in [4.69, 9.17) is 11.5 Å². The number of aliphatic carboxylic acids is 1. The van der Waals surface area contributed by atoms with Gasteiger partial charge >= 0.3 is 5.97 Å². The van der Waals surface area contributed by atoms with Gasteiger partial charge in [-0.15, -0.1) is 0 Å². The molecule has 0 radical (unpaired) electrons. The summed E-state index contributed by atoms with van der Waals surface area (Å²) in [6.45, 7) is 0.399. The average Bonchev–Trinajstić information content (AvgIpc) is 3.16. The minimum atomic E-state index is -1.13. The predicted octanol–water partition coefficient (Wildman–Crippen LogP) is -0.119. The van der Waals surface area contributed by atoms with E-state index in [-0.39, 0.29) is 24.7 Å². The number of aliphatic hydroxyl groups is 1. The highest BCUT2D eigenvalue weighted by Crippen LogP contribution is 2.23. The fourth-order valence-electron chi connectivity index (χ4n) is 3.69. The molecule has 1 amide bonds. The van der Waals surface area contributed by atoms with Crippen LogP contribution in [0.3, 0.4) is 0 Å². The van der Waals surface area contributed by atoms with E-state index in [2.05, 4.69) is 19.9 Å². The Morgan fingerprint density at radius 2 is 1.91 bits per heavy atom. The van der Waals surface area contributed by atoms with E-state index >= 15 is 0 Å². The number of carboxylic acids is 1. The van der Waals surface area contributed by atoms with Crippen LogP contribution < -0.4 is 16.4 Å². The van der Waals surface area contributed by atoms with Gasteiger partial charge in [0.2, 0.25) is 5.95 Å². The molecule has 2 atom stereocenters. The van der Waals surface area contributed by atoms with Crippen molar-refractivity contribution in [3.05, 3.63) is 41.7 Å². The summed E-state index contributed by atoms with van der Waals surface area (Å²) in [5, 5.41) is 19.1. The van der Waals surface area contributed by atoms with Crippen molar-refractivity contribution < 1.29 is 19.8 Å². The minimum absolute atomic E-state index is 0.00339. The van der Waals surface area contributed by atoms with Gasteiger partial charge in [-0.1, -0.05) is 0 Å². The Labute approximate surface area is 182 Å². The normalized spacial score (nSPS) is 18.1. The first-order chi connectivity index (χ1) is 15.2. The number of β-amino-alcohol motifs (C(OH)–C–C–N with tert-alkyl or cyclic N) is 1. The zero-order valence-electron chi connectivity index (χ0n) is 17.2. The number of carboxylic acid groups (broad SMARTS) is 1. The van der Waals surface area contributed by atoms with Crippen LogP contribution in [0.25, 0.3) is 11.2 Å². The van der Waals surface area contributed by atoms with Crippen LogP contribution in [0.1, 0.15) is 22.5 Å². The number of anilines is 3. The zero-order valence-corrected chi connectivity index (χ0v) is 17.2. The Morgan fingerprint density at radius 3 is 2.59 bits per heavy atom. The van der Waals surface area contributed by atoms with Crippen molar-refractivity contribution in [1.82, 2.24) is 24.8 Å². The lowest BCUT2D eigenvalue weighted by atomic mass is 10.1. The minimum Gasteiger partial charge on any atom is -0.480 e. The number of nitrogens with zero attached hydrogens (tertiary/aromatic N) is 6. The standard InChI is InChI=1S/C20H22N8O4/c1-27(8-11-7-23-17-15(24-11)16(21)25-20(22)26-17)12-4-2-10(3-5-12)18(30)28-9-13(29)6-14(28)19(31)32/h2-5,7,13-14,29H,6,8-9H2,1H3,(H,31,32)(H4,21,22,23,25,26)/t13-,14+/m1/s1. The summed E-state index contributed by atoms with van der Waals surface area (Å²) in [5.41, 5.74) is 13.9. The highest BCUT2D eigenvalue weighted by atomic mass is 16.4. The summed E-state index contributed by atoms with van der Waals surface area (Å²) in [7, 11) is 1.85. The van der Waals surface area contributed by atoms with Crippen molar-refractivity contribution in [2.24, 2.45) is 0 Å². The Hall–Kier alpha value is -4.06. The average molecular weight is 438 g/mol. The molecule has 2 aromatic heterocycles. The summed E-state index contributed by atoms with van der Waals surface area (Å²) >= 11 is 0. The van der Waals surface area contributed by atoms with E-state index in [1.165, 1.54) is 4.90 Å². The van der Waals surface area contributed by atoms with Crippen LogP contribution in [0.15, 0.2) is 30.5 Å². The molecule has 0 unspecified atom stereocenters. The van der Waals surface area contributed by atoms with Gasteiger partial charge in [0.15, 0.2) is 17.0 Å². The second-order valence-corrected chi connectivity index (χ2v) is 7.60. The van der Waals surface area contributed by atoms with Crippen LogP contribution in [0.5, 0.6) is 0 Å². The molecule has 1 saturated heterocycles.